The maximum absolute atomic E-state index is 13.8. The number of rotatable bonds is 5. The van der Waals surface area contributed by atoms with Crippen LogP contribution in [0, 0.1) is 11.7 Å². The fourth-order valence-corrected chi connectivity index (χ4v) is 6.47. The number of benzene rings is 1. The summed E-state index contributed by atoms with van der Waals surface area (Å²) in [5.74, 6) is 0.384. The van der Waals surface area contributed by atoms with Crippen molar-refractivity contribution < 1.29 is 17.5 Å². The molecule has 2 aliphatic rings. The number of nitrogens with zero attached hydrogens (tertiary/aromatic N) is 2. The highest BCUT2D eigenvalue weighted by Crippen LogP contribution is 2.45. The van der Waals surface area contributed by atoms with Gasteiger partial charge in [0.15, 0.2) is 9.84 Å². The predicted molar refractivity (Wildman–Crippen MR) is 96.0 cm³/mol. The van der Waals surface area contributed by atoms with Gasteiger partial charge >= 0.3 is 0 Å². The molecule has 2 aromatic rings. The summed E-state index contributed by atoms with van der Waals surface area (Å²) in [5, 5.41) is 0. The lowest BCUT2D eigenvalue weighted by molar-refractivity contribution is 0.0573. The number of sulfone groups is 1. The van der Waals surface area contributed by atoms with Crippen LogP contribution in [0.2, 0.25) is 0 Å². The molecule has 7 heteroatoms. The Hall–Kier alpha value is -1.99. The first-order chi connectivity index (χ1) is 12.5. The molecule has 4 rings (SSSR count). The summed E-state index contributed by atoms with van der Waals surface area (Å²) in [6.07, 6.45) is 2.25. The molecule has 1 atom stereocenters. The quantitative estimate of drug-likeness (QED) is 0.801. The van der Waals surface area contributed by atoms with Crippen LogP contribution in [0.25, 0.3) is 0 Å². The maximum Gasteiger partial charge on any atom is 0.213 e. The fraction of sp³-hybridized carbons (Fsp3) is 0.421. The van der Waals surface area contributed by atoms with Gasteiger partial charge in [-0.2, -0.15) is 0 Å². The summed E-state index contributed by atoms with van der Waals surface area (Å²) in [5.41, 5.74) is 0.596. The minimum Gasteiger partial charge on any atom is -0.477 e. The van der Waals surface area contributed by atoms with E-state index in [2.05, 4.69) is 4.98 Å². The van der Waals surface area contributed by atoms with Gasteiger partial charge in [0.1, 0.15) is 10.6 Å². The smallest absolute Gasteiger partial charge is 0.213 e. The van der Waals surface area contributed by atoms with E-state index in [1.54, 1.807) is 36.5 Å². The molecule has 0 radical (unpaired) electrons. The second-order valence-corrected chi connectivity index (χ2v) is 9.54. The molecule has 1 aromatic carbocycles. The number of pyridine rings is 1. The van der Waals surface area contributed by atoms with E-state index < -0.39 is 14.6 Å². The summed E-state index contributed by atoms with van der Waals surface area (Å²) in [6, 6.07) is 12.0. The van der Waals surface area contributed by atoms with E-state index in [1.165, 1.54) is 6.07 Å². The molecule has 3 heterocycles. The first kappa shape index (κ1) is 17.4. The van der Waals surface area contributed by atoms with E-state index in [9.17, 15) is 12.8 Å². The standard InChI is InChI=1S/C19H21FN2O3S/c20-17-6-2-1-5-15(17)11-22-13-19(14-22)16(8-10-26(19,23)24)12-25-18-7-3-4-9-21-18/h1-7,9,16H,8,10-14H2. The second-order valence-electron chi connectivity index (χ2n) is 7.08. The summed E-state index contributed by atoms with van der Waals surface area (Å²) in [6.45, 7) is 1.63. The zero-order chi connectivity index (χ0) is 18.2. The summed E-state index contributed by atoms with van der Waals surface area (Å²) in [4.78, 5) is 6.12. The molecule has 138 valence electrons. The van der Waals surface area contributed by atoms with E-state index in [1.807, 2.05) is 11.0 Å². The van der Waals surface area contributed by atoms with Crippen molar-refractivity contribution in [3.63, 3.8) is 0 Å². The molecule has 2 fully saturated rings. The van der Waals surface area contributed by atoms with Gasteiger partial charge in [-0.15, -0.1) is 0 Å². The van der Waals surface area contributed by atoms with Gasteiger partial charge in [0, 0.05) is 43.4 Å². The van der Waals surface area contributed by atoms with Gasteiger partial charge in [-0.05, 0) is 18.6 Å². The third-order valence-corrected chi connectivity index (χ3v) is 8.11. The highest BCUT2D eigenvalue weighted by atomic mass is 32.2. The molecule has 0 N–H and O–H groups in total. The van der Waals surface area contributed by atoms with Gasteiger partial charge < -0.3 is 4.74 Å². The van der Waals surface area contributed by atoms with Gasteiger partial charge in [0.2, 0.25) is 5.88 Å². The van der Waals surface area contributed by atoms with E-state index in [0.717, 1.165) is 0 Å². The van der Waals surface area contributed by atoms with Gasteiger partial charge in [0.05, 0.1) is 12.4 Å². The zero-order valence-corrected chi connectivity index (χ0v) is 15.2. The molecule has 0 amide bonds. The minimum atomic E-state index is -3.17. The lowest BCUT2D eigenvalue weighted by Crippen LogP contribution is -2.67. The Kier molecular flexibility index (Phi) is 4.44. The number of aromatic nitrogens is 1. The first-order valence-electron chi connectivity index (χ1n) is 8.72. The zero-order valence-electron chi connectivity index (χ0n) is 14.3. The molecule has 2 saturated heterocycles. The number of likely N-dealkylation sites (tertiary alicyclic amines) is 1. The van der Waals surface area contributed by atoms with Crippen LogP contribution in [0.4, 0.5) is 4.39 Å². The van der Waals surface area contributed by atoms with E-state index >= 15 is 0 Å². The number of hydrogen-bond acceptors (Lipinski definition) is 5. The predicted octanol–water partition coefficient (Wildman–Crippen LogP) is 2.29. The Labute approximate surface area is 152 Å². The number of hydrogen-bond donors (Lipinski definition) is 0. The monoisotopic (exact) mass is 376 g/mol. The van der Waals surface area contributed by atoms with Crippen molar-refractivity contribution >= 4 is 9.84 Å². The van der Waals surface area contributed by atoms with Crippen molar-refractivity contribution in [1.29, 1.82) is 0 Å². The summed E-state index contributed by atoms with van der Waals surface area (Å²) < 4.78 is 44.2. The van der Waals surface area contributed by atoms with Gasteiger partial charge in [-0.1, -0.05) is 24.3 Å². The van der Waals surface area contributed by atoms with Crippen LogP contribution in [-0.2, 0) is 16.4 Å². The highest BCUT2D eigenvalue weighted by Gasteiger charge is 2.61. The average Bonchev–Trinajstić information content (AvgIpc) is 2.87. The molecule has 26 heavy (non-hydrogen) atoms. The van der Waals surface area contributed by atoms with Crippen LogP contribution in [0.5, 0.6) is 5.88 Å². The summed E-state index contributed by atoms with van der Waals surface area (Å²) in [7, 11) is -3.17. The van der Waals surface area contributed by atoms with E-state index in [4.69, 9.17) is 4.74 Å². The Morgan fingerprint density at radius 1 is 1.19 bits per heavy atom. The molecular weight excluding hydrogens is 355 g/mol. The van der Waals surface area contributed by atoms with Crippen LogP contribution >= 0.6 is 0 Å². The van der Waals surface area contributed by atoms with Crippen molar-refractivity contribution in [2.24, 2.45) is 5.92 Å². The van der Waals surface area contributed by atoms with Crippen LogP contribution in [-0.4, -0.2) is 48.5 Å². The average molecular weight is 376 g/mol. The largest absolute Gasteiger partial charge is 0.477 e. The van der Waals surface area contributed by atoms with Crippen molar-refractivity contribution in [1.82, 2.24) is 9.88 Å². The van der Waals surface area contributed by atoms with Crippen LogP contribution < -0.4 is 4.74 Å². The van der Waals surface area contributed by atoms with Gasteiger partial charge in [-0.3, -0.25) is 4.90 Å². The normalized spacial score (nSPS) is 23.7. The van der Waals surface area contributed by atoms with Crippen molar-refractivity contribution in [3.8, 4) is 5.88 Å². The number of halogens is 1. The van der Waals surface area contributed by atoms with Crippen molar-refractivity contribution in [3.05, 3.63) is 60.0 Å². The Balaban J connectivity index is 1.44. The molecule has 1 unspecified atom stereocenters. The lowest BCUT2D eigenvalue weighted by Gasteiger charge is -2.50. The molecule has 0 bridgehead atoms. The summed E-state index contributed by atoms with van der Waals surface area (Å²) >= 11 is 0. The molecule has 1 spiro atoms. The third kappa shape index (κ3) is 2.99. The maximum atomic E-state index is 13.8. The van der Waals surface area contributed by atoms with E-state index in [0.29, 0.717) is 44.1 Å². The highest BCUT2D eigenvalue weighted by molar-refractivity contribution is 7.93. The SMILES string of the molecule is O=S1(=O)CCC(COc2ccccn2)C12CN(Cc1ccccc1F)C2. The van der Waals surface area contributed by atoms with E-state index in [-0.39, 0.29) is 17.5 Å². The van der Waals surface area contributed by atoms with Crippen LogP contribution in [0.15, 0.2) is 48.7 Å². The van der Waals surface area contributed by atoms with Crippen molar-refractivity contribution in [2.75, 3.05) is 25.4 Å². The van der Waals surface area contributed by atoms with Crippen LogP contribution in [0.3, 0.4) is 0 Å². The topological polar surface area (TPSA) is 59.5 Å². The second kappa shape index (κ2) is 6.63. The molecule has 0 saturated carbocycles. The van der Waals surface area contributed by atoms with Gasteiger partial charge in [0.25, 0.3) is 0 Å². The number of ether oxygens (including phenoxy) is 1. The minimum absolute atomic E-state index is 0.0635. The molecule has 5 nitrogen and oxygen atoms in total. The Bertz CT molecular complexity index is 883. The third-order valence-electron chi connectivity index (χ3n) is 5.50. The Morgan fingerprint density at radius 2 is 1.96 bits per heavy atom. The van der Waals surface area contributed by atoms with Crippen LogP contribution in [0.1, 0.15) is 12.0 Å². The first-order valence-corrected chi connectivity index (χ1v) is 10.4. The Morgan fingerprint density at radius 3 is 2.69 bits per heavy atom. The van der Waals surface area contributed by atoms with Gasteiger partial charge in [-0.25, -0.2) is 17.8 Å². The molecule has 1 aromatic heterocycles. The molecule has 2 aliphatic heterocycles. The lowest BCUT2D eigenvalue weighted by atomic mass is 9.83. The fourth-order valence-electron chi connectivity index (χ4n) is 4.02. The molecule has 0 aliphatic carbocycles. The van der Waals surface area contributed by atoms with Crippen molar-refractivity contribution in [2.45, 2.75) is 17.7 Å². The molecular formula is C19H21FN2O3S.